The van der Waals surface area contributed by atoms with Gasteiger partial charge in [0.25, 0.3) is 5.91 Å². The Morgan fingerprint density at radius 3 is 2.50 bits per heavy atom. The fourth-order valence-electron chi connectivity index (χ4n) is 2.06. The fraction of sp³-hybridized carbons (Fsp3) is 0.167. The van der Waals surface area contributed by atoms with Crippen LogP contribution in [0.5, 0.6) is 0 Å². The maximum atomic E-state index is 12.1. The highest BCUT2D eigenvalue weighted by atomic mass is 35.5. The van der Waals surface area contributed by atoms with Crippen molar-refractivity contribution >= 4 is 46.9 Å². The van der Waals surface area contributed by atoms with E-state index < -0.39 is 24.5 Å². The highest BCUT2D eigenvalue weighted by Crippen LogP contribution is 2.23. The molecule has 0 saturated carbocycles. The van der Waals surface area contributed by atoms with Crippen LogP contribution in [0.25, 0.3) is 0 Å². The Morgan fingerprint density at radius 1 is 1.08 bits per heavy atom. The number of carbonyl (C=O) groups is 3. The minimum atomic E-state index is -0.706. The first-order chi connectivity index (χ1) is 12.5. The summed E-state index contributed by atoms with van der Waals surface area (Å²) in [6.45, 7) is -0.520. The maximum absolute atomic E-state index is 12.1. The Labute approximate surface area is 159 Å². The Bertz CT molecular complexity index is 840. The quantitative estimate of drug-likeness (QED) is 0.596. The fourth-order valence-corrected chi connectivity index (χ4v) is 2.70. The van der Waals surface area contributed by atoms with Gasteiger partial charge < -0.3 is 14.8 Å². The lowest BCUT2D eigenvalue weighted by Crippen LogP contribution is -2.22. The van der Waals surface area contributed by atoms with Crippen LogP contribution in [0.3, 0.4) is 0 Å². The van der Waals surface area contributed by atoms with Gasteiger partial charge in [0, 0.05) is 4.90 Å². The van der Waals surface area contributed by atoms with Crippen LogP contribution >= 0.6 is 23.4 Å². The van der Waals surface area contributed by atoms with Crippen molar-refractivity contribution in [1.29, 1.82) is 0 Å². The second-order valence-corrected chi connectivity index (χ2v) is 6.29. The summed E-state index contributed by atoms with van der Waals surface area (Å²) in [5, 5.41) is 2.76. The van der Waals surface area contributed by atoms with Gasteiger partial charge in [0.1, 0.15) is 0 Å². The van der Waals surface area contributed by atoms with Crippen LogP contribution in [-0.4, -0.2) is 37.8 Å². The third-order valence-electron chi connectivity index (χ3n) is 3.33. The number of esters is 2. The molecule has 0 aliphatic rings. The van der Waals surface area contributed by atoms with E-state index in [0.717, 1.165) is 4.90 Å². The van der Waals surface area contributed by atoms with Gasteiger partial charge in [0.15, 0.2) is 6.61 Å². The van der Waals surface area contributed by atoms with Crippen molar-refractivity contribution in [2.45, 2.75) is 4.90 Å². The number of carbonyl (C=O) groups excluding carboxylic acids is 3. The van der Waals surface area contributed by atoms with Gasteiger partial charge >= 0.3 is 11.9 Å². The minimum absolute atomic E-state index is 0.182. The van der Waals surface area contributed by atoms with Gasteiger partial charge in [-0.3, -0.25) is 4.79 Å². The van der Waals surface area contributed by atoms with Crippen LogP contribution in [0.1, 0.15) is 20.7 Å². The number of para-hydroxylation sites is 1. The van der Waals surface area contributed by atoms with E-state index >= 15 is 0 Å². The number of thioether (sulfide) groups is 1. The maximum Gasteiger partial charge on any atom is 0.340 e. The van der Waals surface area contributed by atoms with E-state index in [1.54, 1.807) is 36.4 Å². The summed E-state index contributed by atoms with van der Waals surface area (Å²) in [5.41, 5.74) is 0.648. The number of benzene rings is 2. The van der Waals surface area contributed by atoms with Gasteiger partial charge in [-0.15, -0.1) is 11.8 Å². The molecule has 2 aromatic carbocycles. The molecular weight excluding hydrogens is 378 g/mol. The number of halogens is 1. The minimum Gasteiger partial charge on any atom is -0.465 e. The van der Waals surface area contributed by atoms with Crippen LogP contribution in [0.4, 0.5) is 5.69 Å². The normalized spacial score (nSPS) is 10.1. The lowest BCUT2D eigenvalue weighted by Gasteiger charge is -2.10. The molecule has 26 heavy (non-hydrogen) atoms. The van der Waals surface area contributed by atoms with Gasteiger partial charge in [-0.05, 0) is 36.6 Å². The lowest BCUT2D eigenvalue weighted by molar-refractivity contribution is -0.119. The van der Waals surface area contributed by atoms with E-state index in [4.69, 9.17) is 16.3 Å². The summed E-state index contributed by atoms with van der Waals surface area (Å²) < 4.78 is 9.67. The highest BCUT2D eigenvalue weighted by molar-refractivity contribution is 7.98. The van der Waals surface area contributed by atoms with E-state index in [2.05, 4.69) is 10.1 Å². The molecule has 0 spiro atoms. The molecule has 136 valence electrons. The summed E-state index contributed by atoms with van der Waals surface area (Å²) in [5.74, 6) is -1.88. The second-order valence-electron chi connectivity index (χ2n) is 5.01. The molecule has 6 nitrogen and oxygen atoms in total. The Kier molecular flexibility index (Phi) is 7.06. The smallest absolute Gasteiger partial charge is 0.340 e. The molecule has 0 saturated heterocycles. The first kappa shape index (κ1) is 19.8. The van der Waals surface area contributed by atoms with E-state index in [1.165, 1.54) is 24.9 Å². The Hall–Kier alpha value is -2.51. The number of hydrogen-bond donors (Lipinski definition) is 1. The van der Waals surface area contributed by atoms with Gasteiger partial charge in [-0.1, -0.05) is 23.7 Å². The van der Waals surface area contributed by atoms with Crippen LogP contribution in [0.15, 0.2) is 47.4 Å². The Balaban J connectivity index is 2.02. The van der Waals surface area contributed by atoms with Crippen LogP contribution < -0.4 is 5.32 Å². The molecule has 0 aliphatic heterocycles. The number of methoxy groups -OCH3 is 1. The van der Waals surface area contributed by atoms with Gasteiger partial charge in [0.05, 0.1) is 28.9 Å². The first-order valence-electron chi connectivity index (χ1n) is 7.44. The first-order valence-corrected chi connectivity index (χ1v) is 9.04. The standard InChI is InChI=1S/C18H16ClNO5S/c1-24-17(22)12-5-3-4-6-15(12)20-16(21)10-25-18(23)13-9-11(26-2)7-8-14(13)19/h3-9H,10H2,1-2H3,(H,20,21). The van der Waals surface area contributed by atoms with E-state index in [9.17, 15) is 14.4 Å². The van der Waals surface area contributed by atoms with Crippen molar-refractivity contribution in [3.05, 3.63) is 58.6 Å². The number of nitrogens with one attached hydrogen (secondary N) is 1. The molecule has 0 unspecified atom stereocenters. The van der Waals surface area contributed by atoms with E-state index in [-0.39, 0.29) is 21.8 Å². The molecule has 0 fully saturated rings. The second kappa shape index (κ2) is 9.26. The number of rotatable bonds is 6. The topological polar surface area (TPSA) is 81.7 Å². The molecule has 0 radical (unpaired) electrons. The summed E-state index contributed by atoms with van der Waals surface area (Å²) in [4.78, 5) is 36.7. The van der Waals surface area contributed by atoms with E-state index in [0.29, 0.717) is 0 Å². The summed E-state index contributed by atoms with van der Waals surface area (Å²) in [7, 11) is 1.25. The SMILES string of the molecule is COC(=O)c1ccccc1NC(=O)COC(=O)c1cc(SC)ccc1Cl. The third-order valence-corrected chi connectivity index (χ3v) is 4.39. The molecule has 0 atom stereocenters. The van der Waals surface area contributed by atoms with E-state index in [1.807, 2.05) is 6.26 Å². The highest BCUT2D eigenvalue weighted by Gasteiger charge is 2.17. The largest absolute Gasteiger partial charge is 0.465 e. The zero-order valence-electron chi connectivity index (χ0n) is 14.1. The average Bonchev–Trinajstić information content (AvgIpc) is 2.66. The van der Waals surface area contributed by atoms with Gasteiger partial charge in [-0.25, -0.2) is 9.59 Å². The molecule has 1 amide bonds. The molecule has 1 N–H and O–H groups in total. The zero-order chi connectivity index (χ0) is 19.1. The average molecular weight is 394 g/mol. The van der Waals surface area contributed by atoms with Gasteiger partial charge in [-0.2, -0.15) is 0 Å². The van der Waals surface area contributed by atoms with Crippen LogP contribution in [0, 0.1) is 0 Å². The van der Waals surface area contributed by atoms with Gasteiger partial charge in [0.2, 0.25) is 0 Å². The molecule has 0 aliphatic carbocycles. The van der Waals surface area contributed by atoms with Crippen LogP contribution in [0.2, 0.25) is 5.02 Å². The van der Waals surface area contributed by atoms with Crippen molar-refractivity contribution in [2.75, 3.05) is 25.3 Å². The van der Waals surface area contributed by atoms with Crippen molar-refractivity contribution in [2.24, 2.45) is 0 Å². The van der Waals surface area contributed by atoms with Crippen molar-refractivity contribution in [3.63, 3.8) is 0 Å². The van der Waals surface area contributed by atoms with Crippen LogP contribution in [-0.2, 0) is 14.3 Å². The molecule has 2 rings (SSSR count). The third kappa shape index (κ3) is 5.00. The lowest BCUT2D eigenvalue weighted by atomic mass is 10.2. The Morgan fingerprint density at radius 2 is 1.81 bits per heavy atom. The predicted molar refractivity (Wildman–Crippen MR) is 99.9 cm³/mol. The molecule has 2 aromatic rings. The molecule has 8 heteroatoms. The number of anilines is 1. The molecule has 0 aromatic heterocycles. The molecule has 0 heterocycles. The number of ether oxygens (including phenoxy) is 2. The monoisotopic (exact) mass is 393 g/mol. The van der Waals surface area contributed by atoms with Crippen molar-refractivity contribution < 1.29 is 23.9 Å². The molecular formula is C18H16ClNO5S. The summed E-state index contributed by atoms with van der Waals surface area (Å²) >= 11 is 7.45. The number of hydrogen-bond acceptors (Lipinski definition) is 6. The summed E-state index contributed by atoms with van der Waals surface area (Å²) in [6.07, 6.45) is 1.87. The number of amides is 1. The predicted octanol–water partition coefficient (Wildman–Crippen LogP) is 3.64. The summed E-state index contributed by atoms with van der Waals surface area (Å²) in [6, 6.07) is 11.3. The molecule has 0 bridgehead atoms. The van der Waals surface area contributed by atoms with Crippen molar-refractivity contribution in [3.8, 4) is 0 Å². The zero-order valence-corrected chi connectivity index (χ0v) is 15.6. The van der Waals surface area contributed by atoms with Crippen molar-refractivity contribution in [1.82, 2.24) is 0 Å².